The van der Waals surface area contributed by atoms with Crippen LogP contribution in [-0.4, -0.2) is 0 Å². The highest BCUT2D eigenvalue weighted by Gasteiger charge is 2.70. The minimum absolute atomic E-state index is 0.864. The summed E-state index contributed by atoms with van der Waals surface area (Å²) in [6.45, 7) is 7.41. The van der Waals surface area contributed by atoms with Gasteiger partial charge in [0, 0.05) is 0 Å². The van der Waals surface area contributed by atoms with E-state index in [0.717, 1.165) is 35.0 Å². The molecule has 0 heteroatoms. The van der Waals surface area contributed by atoms with Gasteiger partial charge < -0.3 is 0 Å². The van der Waals surface area contributed by atoms with Crippen molar-refractivity contribution < 1.29 is 0 Å². The molecule has 0 nitrogen and oxygen atoms in total. The summed E-state index contributed by atoms with van der Waals surface area (Å²) in [4.78, 5) is 0. The molecule has 5 atom stereocenters. The van der Waals surface area contributed by atoms with E-state index >= 15 is 0 Å². The third-order valence-corrected chi connectivity index (χ3v) is 6.06. The normalized spacial score (nSPS) is 53.8. The third kappa shape index (κ3) is 0.955. The second-order valence-electron chi connectivity index (χ2n) is 6.26. The molecule has 0 bridgehead atoms. The topological polar surface area (TPSA) is 0 Å². The fourth-order valence-electron chi connectivity index (χ4n) is 5.09. The zero-order chi connectivity index (χ0) is 9.92. The van der Waals surface area contributed by atoms with Crippen molar-refractivity contribution in [1.29, 1.82) is 0 Å². The lowest BCUT2D eigenvalue weighted by Gasteiger charge is -2.07. The zero-order valence-electron chi connectivity index (χ0n) is 9.92. The summed E-state index contributed by atoms with van der Waals surface area (Å²) in [5.74, 6) is 5.52. The summed E-state index contributed by atoms with van der Waals surface area (Å²) in [6, 6.07) is 0. The van der Waals surface area contributed by atoms with Crippen molar-refractivity contribution in [3.63, 3.8) is 0 Å². The molecule has 3 aliphatic rings. The maximum Gasteiger partial charge on any atom is -0.0235 e. The molecule has 0 saturated heterocycles. The second-order valence-corrected chi connectivity index (χ2v) is 6.26. The van der Waals surface area contributed by atoms with Crippen molar-refractivity contribution in [3.05, 3.63) is 0 Å². The van der Waals surface area contributed by atoms with Gasteiger partial charge in [-0.3, -0.25) is 0 Å². The predicted octanol–water partition coefficient (Wildman–Crippen LogP) is 4.10. The van der Waals surface area contributed by atoms with Gasteiger partial charge in [0.25, 0.3) is 0 Å². The van der Waals surface area contributed by atoms with E-state index < -0.39 is 0 Å². The smallest absolute Gasteiger partial charge is 0.0235 e. The van der Waals surface area contributed by atoms with Crippen LogP contribution in [0.4, 0.5) is 0 Å². The molecule has 0 radical (unpaired) electrons. The lowest BCUT2D eigenvalue weighted by atomic mass is 9.98. The summed E-state index contributed by atoms with van der Waals surface area (Å²) in [5.41, 5.74) is 0.864. The van der Waals surface area contributed by atoms with Crippen LogP contribution in [0.1, 0.15) is 52.9 Å². The monoisotopic (exact) mass is 192 g/mol. The first-order chi connectivity index (χ1) is 6.72. The molecule has 3 fully saturated rings. The fourth-order valence-corrected chi connectivity index (χ4v) is 5.09. The number of hydrogen-bond acceptors (Lipinski definition) is 0. The Bertz CT molecular complexity index is 236. The van der Waals surface area contributed by atoms with E-state index in [2.05, 4.69) is 20.8 Å². The van der Waals surface area contributed by atoms with E-state index in [1.165, 1.54) is 19.3 Å². The molecule has 1 spiro atoms. The summed E-state index contributed by atoms with van der Waals surface area (Å²) >= 11 is 0. The van der Waals surface area contributed by atoms with Crippen LogP contribution < -0.4 is 0 Å². The molecule has 0 amide bonds. The molecule has 0 aliphatic heterocycles. The molecule has 5 unspecified atom stereocenters. The molecule has 0 aromatic rings. The standard InChI is InChI=1S/C14H24/c1-4-11-9(2)12(11)13-10(3)14(13)7-5-6-8-14/h9-13H,4-8H2,1-3H3. The fraction of sp³-hybridized carbons (Fsp3) is 1.00. The first-order valence-corrected chi connectivity index (χ1v) is 6.72. The maximum atomic E-state index is 2.54. The first-order valence-electron chi connectivity index (χ1n) is 6.72. The lowest BCUT2D eigenvalue weighted by molar-refractivity contribution is 0.418. The lowest BCUT2D eigenvalue weighted by Crippen LogP contribution is -1.99. The van der Waals surface area contributed by atoms with Crippen LogP contribution in [0.3, 0.4) is 0 Å². The van der Waals surface area contributed by atoms with Crippen LogP contribution in [0.2, 0.25) is 0 Å². The Hall–Kier alpha value is 0. The Labute approximate surface area is 88.5 Å². The highest BCUT2D eigenvalue weighted by molar-refractivity contribution is 5.18. The van der Waals surface area contributed by atoms with Crippen LogP contribution in [0.15, 0.2) is 0 Å². The Kier molecular flexibility index (Phi) is 1.83. The first kappa shape index (κ1) is 9.24. The Morgan fingerprint density at radius 2 is 1.79 bits per heavy atom. The zero-order valence-corrected chi connectivity index (χ0v) is 9.92. The summed E-state index contributed by atoms with van der Waals surface area (Å²) in [7, 11) is 0. The van der Waals surface area contributed by atoms with Gasteiger partial charge in [-0.25, -0.2) is 0 Å². The van der Waals surface area contributed by atoms with Crippen LogP contribution in [0, 0.1) is 35.0 Å². The quantitative estimate of drug-likeness (QED) is 0.618. The van der Waals surface area contributed by atoms with E-state index in [0.29, 0.717) is 0 Å². The van der Waals surface area contributed by atoms with Gasteiger partial charge in [-0.1, -0.05) is 40.0 Å². The van der Waals surface area contributed by atoms with Gasteiger partial charge in [0.1, 0.15) is 0 Å². The Balaban J connectivity index is 1.71. The number of rotatable bonds is 2. The second kappa shape index (κ2) is 2.77. The summed E-state index contributed by atoms with van der Waals surface area (Å²) < 4.78 is 0. The van der Waals surface area contributed by atoms with Crippen molar-refractivity contribution >= 4 is 0 Å². The van der Waals surface area contributed by atoms with Crippen LogP contribution >= 0.6 is 0 Å². The highest BCUT2D eigenvalue weighted by atomic mass is 14.7. The minimum Gasteiger partial charge on any atom is -0.0651 e. The van der Waals surface area contributed by atoms with Gasteiger partial charge in [-0.05, 0) is 47.8 Å². The third-order valence-electron chi connectivity index (χ3n) is 6.06. The Morgan fingerprint density at radius 1 is 1.14 bits per heavy atom. The average molecular weight is 192 g/mol. The number of hydrogen-bond donors (Lipinski definition) is 0. The average Bonchev–Trinajstić information content (AvgIpc) is 2.85. The summed E-state index contributed by atoms with van der Waals surface area (Å²) in [5, 5.41) is 0. The van der Waals surface area contributed by atoms with Crippen molar-refractivity contribution in [2.24, 2.45) is 35.0 Å². The summed E-state index contributed by atoms with van der Waals surface area (Å²) in [6.07, 6.45) is 7.62. The predicted molar refractivity (Wildman–Crippen MR) is 60.0 cm³/mol. The van der Waals surface area contributed by atoms with Crippen molar-refractivity contribution in [2.75, 3.05) is 0 Å². The molecule has 0 N–H and O–H groups in total. The molecule has 0 aromatic heterocycles. The van der Waals surface area contributed by atoms with Gasteiger partial charge in [0.2, 0.25) is 0 Å². The van der Waals surface area contributed by atoms with E-state index in [1.807, 2.05) is 0 Å². The van der Waals surface area contributed by atoms with Crippen LogP contribution in [-0.2, 0) is 0 Å². The molecule has 0 heterocycles. The van der Waals surface area contributed by atoms with Crippen molar-refractivity contribution in [1.82, 2.24) is 0 Å². The molecular weight excluding hydrogens is 168 g/mol. The molecule has 14 heavy (non-hydrogen) atoms. The highest BCUT2D eigenvalue weighted by Crippen LogP contribution is 2.76. The van der Waals surface area contributed by atoms with Crippen LogP contribution in [0.25, 0.3) is 0 Å². The van der Waals surface area contributed by atoms with E-state index in [-0.39, 0.29) is 0 Å². The molecule has 0 aromatic carbocycles. The molecule has 3 aliphatic carbocycles. The van der Waals surface area contributed by atoms with E-state index in [4.69, 9.17) is 0 Å². The Morgan fingerprint density at radius 3 is 2.29 bits per heavy atom. The van der Waals surface area contributed by atoms with E-state index in [1.54, 1.807) is 12.8 Å². The molecular formula is C14H24. The largest absolute Gasteiger partial charge is 0.0651 e. The van der Waals surface area contributed by atoms with Gasteiger partial charge in [0.05, 0.1) is 0 Å². The SMILES string of the molecule is CCC1C(C)C1C1C(C)C12CCCC2. The molecule has 3 rings (SSSR count). The van der Waals surface area contributed by atoms with Gasteiger partial charge in [-0.15, -0.1) is 0 Å². The minimum atomic E-state index is 0.864. The maximum absolute atomic E-state index is 2.54. The van der Waals surface area contributed by atoms with Gasteiger partial charge >= 0.3 is 0 Å². The van der Waals surface area contributed by atoms with Gasteiger partial charge in [0.15, 0.2) is 0 Å². The molecule has 80 valence electrons. The van der Waals surface area contributed by atoms with E-state index in [9.17, 15) is 0 Å². The van der Waals surface area contributed by atoms with Gasteiger partial charge in [-0.2, -0.15) is 0 Å². The molecule has 3 saturated carbocycles. The van der Waals surface area contributed by atoms with Crippen molar-refractivity contribution in [3.8, 4) is 0 Å². The van der Waals surface area contributed by atoms with Crippen LogP contribution in [0.5, 0.6) is 0 Å². The van der Waals surface area contributed by atoms with Crippen molar-refractivity contribution in [2.45, 2.75) is 52.9 Å².